The summed E-state index contributed by atoms with van der Waals surface area (Å²) in [5, 5.41) is 0. The molecule has 0 amide bonds. The second kappa shape index (κ2) is 3.14. The van der Waals surface area contributed by atoms with Gasteiger partial charge in [0.2, 0.25) is 5.78 Å². The molecule has 0 radical (unpaired) electrons. The lowest BCUT2D eigenvalue weighted by molar-refractivity contribution is 0.990. The van der Waals surface area contributed by atoms with Crippen molar-refractivity contribution in [1.29, 1.82) is 0 Å². The van der Waals surface area contributed by atoms with Crippen molar-refractivity contribution < 1.29 is 0 Å². The molecule has 2 N–H and O–H groups in total. The van der Waals surface area contributed by atoms with Crippen LogP contribution in [0.4, 0.5) is 0 Å². The molecule has 0 saturated carbocycles. The first-order valence-corrected chi connectivity index (χ1v) is 4.36. The summed E-state index contributed by atoms with van der Waals surface area (Å²) >= 11 is 0. The molecule has 0 unspecified atom stereocenters. The molecule has 2 rings (SSSR count). The molecule has 0 aliphatic carbocycles. The van der Waals surface area contributed by atoms with E-state index >= 15 is 0 Å². The van der Waals surface area contributed by atoms with E-state index < -0.39 is 0 Å². The highest BCUT2D eigenvalue weighted by molar-refractivity contribution is 5.31. The van der Waals surface area contributed by atoms with Crippen molar-refractivity contribution in [3.8, 4) is 0 Å². The van der Waals surface area contributed by atoms with Crippen molar-refractivity contribution in [2.75, 3.05) is 0 Å². The highest BCUT2D eigenvalue weighted by atomic mass is 15.1. The molecular weight excluding hydrogens is 164 g/mol. The summed E-state index contributed by atoms with van der Waals surface area (Å²) in [5.74, 6) is 0.744. The number of nitrogens with two attached hydrogens (primary N) is 1. The van der Waals surface area contributed by atoms with Crippen molar-refractivity contribution in [3.63, 3.8) is 0 Å². The first-order valence-electron chi connectivity index (χ1n) is 4.36. The summed E-state index contributed by atoms with van der Waals surface area (Å²) in [6.45, 7) is 2.59. The van der Waals surface area contributed by atoms with E-state index in [1.165, 1.54) is 0 Å². The summed E-state index contributed by atoms with van der Waals surface area (Å²) in [4.78, 5) is 8.51. The van der Waals surface area contributed by atoms with Crippen molar-refractivity contribution in [2.24, 2.45) is 5.73 Å². The van der Waals surface area contributed by atoms with Gasteiger partial charge in [-0.2, -0.15) is 0 Å². The molecule has 0 aliphatic rings. The molecular formula is C9H12N4. The molecule has 4 heteroatoms. The molecule has 0 saturated heterocycles. The van der Waals surface area contributed by atoms with Crippen LogP contribution in [0.25, 0.3) is 5.78 Å². The Morgan fingerprint density at radius 1 is 1.46 bits per heavy atom. The minimum absolute atomic E-state index is 0.516. The third kappa shape index (κ3) is 1.40. The molecule has 0 aromatic carbocycles. The fourth-order valence-electron chi connectivity index (χ4n) is 1.25. The minimum atomic E-state index is 0.516. The van der Waals surface area contributed by atoms with Crippen LogP contribution in [-0.2, 0) is 13.0 Å². The lowest BCUT2D eigenvalue weighted by Gasteiger charge is -1.95. The van der Waals surface area contributed by atoms with E-state index in [0.29, 0.717) is 6.54 Å². The predicted octanol–water partition coefficient (Wildman–Crippen LogP) is 0.750. The second-order valence-corrected chi connectivity index (χ2v) is 2.96. The minimum Gasteiger partial charge on any atom is -0.326 e. The average molecular weight is 176 g/mol. The Morgan fingerprint density at radius 2 is 2.31 bits per heavy atom. The molecule has 2 aromatic heterocycles. The maximum absolute atomic E-state index is 5.51. The van der Waals surface area contributed by atoms with Gasteiger partial charge < -0.3 is 5.73 Å². The summed E-state index contributed by atoms with van der Waals surface area (Å²) < 4.78 is 1.92. The van der Waals surface area contributed by atoms with Crippen molar-refractivity contribution in [3.05, 3.63) is 29.8 Å². The second-order valence-electron chi connectivity index (χ2n) is 2.96. The summed E-state index contributed by atoms with van der Waals surface area (Å²) in [6, 6.07) is 0. The summed E-state index contributed by atoms with van der Waals surface area (Å²) in [7, 11) is 0. The van der Waals surface area contributed by atoms with E-state index in [9.17, 15) is 0 Å². The van der Waals surface area contributed by atoms with Gasteiger partial charge in [-0.3, -0.25) is 4.40 Å². The third-order valence-electron chi connectivity index (χ3n) is 2.01. The highest BCUT2D eigenvalue weighted by Crippen LogP contribution is 2.04. The first-order chi connectivity index (χ1) is 6.33. The standard InChI is InChI=1S/C9H12N4/c1-2-8-6-13-5-7(3-10)4-11-9(13)12-8/h4-6H,2-3,10H2,1H3. The van der Waals surface area contributed by atoms with Gasteiger partial charge in [0, 0.05) is 30.7 Å². The maximum Gasteiger partial charge on any atom is 0.233 e. The number of rotatable bonds is 2. The van der Waals surface area contributed by atoms with E-state index in [4.69, 9.17) is 5.73 Å². The zero-order chi connectivity index (χ0) is 9.26. The van der Waals surface area contributed by atoms with Gasteiger partial charge in [0.1, 0.15) is 0 Å². The van der Waals surface area contributed by atoms with E-state index in [1.54, 1.807) is 6.20 Å². The molecule has 0 atom stereocenters. The number of aryl methyl sites for hydroxylation is 1. The van der Waals surface area contributed by atoms with E-state index in [0.717, 1.165) is 23.5 Å². The van der Waals surface area contributed by atoms with Crippen LogP contribution in [0.1, 0.15) is 18.2 Å². The van der Waals surface area contributed by atoms with Crippen LogP contribution in [0.3, 0.4) is 0 Å². The number of hydrogen-bond acceptors (Lipinski definition) is 3. The van der Waals surface area contributed by atoms with Crippen LogP contribution in [-0.4, -0.2) is 14.4 Å². The Bertz CT molecular complexity index is 416. The Labute approximate surface area is 76.4 Å². The van der Waals surface area contributed by atoms with Gasteiger partial charge in [-0.1, -0.05) is 6.92 Å². The fourth-order valence-corrected chi connectivity index (χ4v) is 1.25. The molecule has 13 heavy (non-hydrogen) atoms. The van der Waals surface area contributed by atoms with Gasteiger partial charge in [-0.25, -0.2) is 9.97 Å². The fraction of sp³-hybridized carbons (Fsp3) is 0.333. The highest BCUT2D eigenvalue weighted by Gasteiger charge is 2.00. The lowest BCUT2D eigenvalue weighted by Crippen LogP contribution is -1.99. The van der Waals surface area contributed by atoms with Gasteiger partial charge in [-0.15, -0.1) is 0 Å². The van der Waals surface area contributed by atoms with Crippen LogP contribution in [0.2, 0.25) is 0 Å². The zero-order valence-electron chi connectivity index (χ0n) is 7.57. The molecule has 4 nitrogen and oxygen atoms in total. The van der Waals surface area contributed by atoms with E-state index in [2.05, 4.69) is 16.9 Å². The lowest BCUT2D eigenvalue weighted by atomic mass is 10.3. The molecule has 0 fully saturated rings. The quantitative estimate of drug-likeness (QED) is 0.734. The topological polar surface area (TPSA) is 56.2 Å². The van der Waals surface area contributed by atoms with Gasteiger partial charge in [0.15, 0.2) is 0 Å². The van der Waals surface area contributed by atoms with Crippen molar-refractivity contribution >= 4 is 5.78 Å². The normalized spacial score (nSPS) is 10.9. The predicted molar refractivity (Wildman–Crippen MR) is 50.3 cm³/mol. The molecule has 68 valence electrons. The number of nitrogens with zero attached hydrogens (tertiary/aromatic N) is 3. The van der Waals surface area contributed by atoms with Crippen LogP contribution in [0, 0.1) is 0 Å². The molecule has 2 aromatic rings. The zero-order valence-corrected chi connectivity index (χ0v) is 7.57. The smallest absolute Gasteiger partial charge is 0.233 e. The number of fused-ring (bicyclic) bond motifs is 1. The maximum atomic E-state index is 5.51. The molecule has 0 spiro atoms. The Hall–Kier alpha value is -1.42. The Balaban J connectivity index is 2.57. The van der Waals surface area contributed by atoms with Crippen LogP contribution < -0.4 is 5.73 Å². The van der Waals surface area contributed by atoms with Crippen molar-refractivity contribution in [2.45, 2.75) is 19.9 Å². The third-order valence-corrected chi connectivity index (χ3v) is 2.01. The van der Waals surface area contributed by atoms with Crippen LogP contribution in [0.5, 0.6) is 0 Å². The summed E-state index contributed by atoms with van der Waals surface area (Å²) in [6.07, 6.45) is 6.65. The molecule has 2 heterocycles. The van der Waals surface area contributed by atoms with Gasteiger partial charge >= 0.3 is 0 Å². The van der Waals surface area contributed by atoms with Gasteiger partial charge in [0.05, 0.1) is 5.69 Å². The Morgan fingerprint density at radius 3 is 3.00 bits per heavy atom. The molecule has 0 bridgehead atoms. The monoisotopic (exact) mass is 176 g/mol. The van der Waals surface area contributed by atoms with Gasteiger partial charge in [0.25, 0.3) is 0 Å². The van der Waals surface area contributed by atoms with Crippen molar-refractivity contribution in [1.82, 2.24) is 14.4 Å². The van der Waals surface area contributed by atoms with Crippen LogP contribution in [0.15, 0.2) is 18.6 Å². The van der Waals surface area contributed by atoms with Crippen LogP contribution >= 0.6 is 0 Å². The number of aromatic nitrogens is 3. The van der Waals surface area contributed by atoms with Gasteiger partial charge in [-0.05, 0) is 6.42 Å². The number of hydrogen-bond donors (Lipinski definition) is 1. The van der Waals surface area contributed by atoms with E-state index in [1.807, 2.05) is 16.8 Å². The number of imidazole rings is 1. The molecule has 0 aliphatic heterocycles. The SMILES string of the molecule is CCc1cn2cc(CN)cnc2n1. The first kappa shape index (κ1) is 8.19. The largest absolute Gasteiger partial charge is 0.326 e. The summed E-state index contributed by atoms with van der Waals surface area (Å²) in [5.41, 5.74) is 7.58. The Kier molecular flexibility index (Phi) is 1.98. The average Bonchev–Trinajstić information content (AvgIpc) is 2.58. The van der Waals surface area contributed by atoms with E-state index in [-0.39, 0.29) is 0 Å².